The summed E-state index contributed by atoms with van der Waals surface area (Å²) in [6.07, 6.45) is 0. The second kappa shape index (κ2) is 4.72. The van der Waals surface area contributed by atoms with Crippen LogP contribution in [0.1, 0.15) is 15.9 Å². The highest BCUT2D eigenvalue weighted by Gasteiger charge is 2.15. The van der Waals surface area contributed by atoms with Crippen LogP contribution in [-0.4, -0.2) is 37.9 Å². The third-order valence-electron chi connectivity index (χ3n) is 2.20. The van der Waals surface area contributed by atoms with Crippen molar-refractivity contribution in [3.63, 3.8) is 0 Å². The number of benzene rings is 1. The minimum Gasteiger partial charge on any atom is -0.478 e. The molecular weight excluding hydrogens is 244 g/mol. The molecule has 6 nitrogen and oxygen atoms in total. The number of aromatic carboxylic acids is 1. The van der Waals surface area contributed by atoms with Gasteiger partial charge in [0.05, 0.1) is 11.3 Å². The zero-order valence-corrected chi connectivity index (χ0v) is 10.6. The van der Waals surface area contributed by atoms with Gasteiger partial charge in [0.15, 0.2) is 0 Å². The van der Waals surface area contributed by atoms with Gasteiger partial charge in [-0.15, -0.1) is 0 Å². The number of nitrogens with one attached hydrogen (secondary N) is 1. The summed E-state index contributed by atoms with van der Waals surface area (Å²) in [4.78, 5) is 10.9. The van der Waals surface area contributed by atoms with Crippen molar-refractivity contribution in [3.05, 3.63) is 29.3 Å². The third kappa shape index (κ3) is 3.18. The van der Waals surface area contributed by atoms with Crippen molar-refractivity contribution in [2.24, 2.45) is 0 Å². The molecule has 0 aliphatic heterocycles. The van der Waals surface area contributed by atoms with Crippen LogP contribution in [0.4, 0.5) is 5.69 Å². The monoisotopic (exact) mass is 258 g/mol. The summed E-state index contributed by atoms with van der Waals surface area (Å²) in [7, 11) is -0.849. The van der Waals surface area contributed by atoms with Crippen LogP contribution >= 0.6 is 0 Å². The van der Waals surface area contributed by atoms with Crippen LogP contribution in [0.2, 0.25) is 0 Å². The minimum atomic E-state index is -3.62. The number of anilines is 1. The average molecular weight is 258 g/mol. The van der Waals surface area contributed by atoms with Crippen molar-refractivity contribution in [1.29, 1.82) is 0 Å². The Balaban J connectivity index is 3.10. The number of carboxylic acid groups (broad SMARTS) is 1. The Hall–Kier alpha value is -1.60. The van der Waals surface area contributed by atoms with Crippen LogP contribution in [0.25, 0.3) is 0 Å². The second-order valence-corrected chi connectivity index (χ2v) is 5.61. The molecule has 7 heteroatoms. The van der Waals surface area contributed by atoms with E-state index in [9.17, 15) is 13.2 Å². The van der Waals surface area contributed by atoms with Crippen LogP contribution in [0.5, 0.6) is 0 Å². The Morgan fingerprint density at radius 3 is 2.41 bits per heavy atom. The van der Waals surface area contributed by atoms with Gasteiger partial charge in [-0.05, 0) is 24.6 Å². The van der Waals surface area contributed by atoms with Gasteiger partial charge in [0.1, 0.15) is 0 Å². The molecule has 1 rings (SSSR count). The van der Waals surface area contributed by atoms with E-state index in [1.165, 1.54) is 26.2 Å². The number of aryl methyl sites for hydroxylation is 1. The highest BCUT2D eigenvalue weighted by atomic mass is 32.2. The summed E-state index contributed by atoms with van der Waals surface area (Å²) >= 11 is 0. The summed E-state index contributed by atoms with van der Waals surface area (Å²) in [6.45, 7) is 1.65. The van der Waals surface area contributed by atoms with E-state index in [0.29, 0.717) is 5.56 Å². The van der Waals surface area contributed by atoms with Gasteiger partial charge in [-0.1, -0.05) is 6.07 Å². The van der Waals surface area contributed by atoms with E-state index in [0.717, 1.165) is 4.31 Å². The zero-order valence-electron chi connectivity index (χ0n) is 9.76. The van der Waals surface area contributed by atoms with Gasteiger partial charge < -0.3 is 5.11 Å². The van der Waals surface area contributed by atoms with E-state index < -0.39 is 16.2 Å². The molecule has 1 aromatic rings. The van der Waals surface area contributed by atoms with E-state index >= 15 is 0 Å². The molecule has 0 amide bonds. The molecule has 0 spiro atoms. The average Bonchev–Trinajstić information content (AvgIpc) is 2.20. The van der Waals surface area contributed by atoms with Crippen molar-refractivity contribution in [2.45, 2.75) is 6.92 Å². The number of carboxylic acids is 1. The summed E-state index contributed by atoms with van der Waals surface area (Å²) in [5.41, 5.74) is 0.871. The predicted molar refractivity (Wildman–Crippen MR) is 64.4 cm³/mol. The quantitative estimate of drug-likeness (QED) is 0.840. The van der Waals surface area contributed by atoms with Crippen molar-refractivity contribution >= 4 is 21.9 Å². The smallest absolute Gasteiger partial charge is 0.336 e. The topological polar surface area (TPSA) is 86.7 Å². The van der Waals surface area contributed by atoms with Gasteiger partial charge in [-0.3, -0.25) is 4.72 Å². The Kier molecular flexibility index (Phi) is 3.74. The van der Waals surface area contributed by atoms with E-state index in [1.807, 2.05) is 0 Å². The van der Waals surface area contributed by atoms with Crippen LogP contribution in [0, 0.1) is 6.92 Å². The number of nitrogens with zero attached hydrogens (tertiary/aromatic N) is 1. The number of carbonyl (C=O) groups is 1. The standard InChI is InChI=1S/C10H14N2O4S/c1-7-4-5-8(6-9(7)10(13)14)11-17(15,16)12(2)3/h4-6,11H,1-3H3,(H,13,14). The lowest BCUT2D eigenvalue weighted by molar-refractivity contribution is 0.0696. The van der Waals surface area contributed by atoms with Crippen LogP contribution < -0.4 is 4.72 Å². The van der Waals surface area contributed by atoms with Crippen LogP contribution in [0.3, 0.4) is 0 Å². The van der Waals surface area contributed by atoms with Crippen LogP contribution in [0.15, 0.2) is 18.2 Å². The first-order valence-corrected chi connectivity index (χ1v) is 6.22. The van der Waals surface area contributed by atoms with Crippen LogP contribution in [-0.2, 0) is 10.2 Å². The molecule has 2 N–H and O–H groups in total. The molecule has 0 aliphatic carbocycles. The van der Waals surface area contributed by atoms with Gasteiger partial charge in [0.2, 0.25) is 0 Å². The molecule has 0 radical (unpaired) electrons. The Bertz CT molecular complexity index is 537. The minimum absolute atomic E-state index is 0.0731. The van der Waals surface area contributed by atoms with Crippen molar-refractivity contribution in [3.8, 4) is 0 Å². The van der Waals surface area contributed by atoms with Gasteiger partial charge in [-0.2, -0.15) is 12.7 Å². The zero-order chi connectivity index (χ0) is 13.2. The maximum atomic E-state index is 11.5. The molecule has 0 aliphatic rings. The largest absolute Gasteiger partial charge is 0.478 e. The van der Waals surface area contributed by atoms with Gasteiger partial charge in [0, 0.05) is 14.1 Å². The summed E-state index contributed by atoms with van der Waals surface area (Å²) in [5, 5.41) is 8.91. The lowest BCUT2D eigenvalue weighted by Gasteiger charge is -2.14. The molecule has 0 unspecified atom stereocenters. The SMILES string of the molecule is Cc1ccc(NS(=O)(=O)N(C)C)cc1C(=O)O. The number of hydrogen-bond donors (Lipinski definition) is 2. The molecular formula is C10H14N2O4S. The van der Waals surface area contributed by atoms with Gasteiger partial charge in [-0.25, -0.2) is 4.79 Å². The van der Waals surface area contributed by atoms with E-state index in [-0.39, 0.29) is 11.3 Å². The molecule has 17 heavy (non-hydrogen) atoms. The second-order valence-electron chi connectivity index (χ2n) is 3.72. The Morgan fingerprint density at radius 1 is 1.35 bits per heavy atom. The molecule has 0 bridgehead atoms. The molecule has 0 saturated carbocycles. The molecule has 0 atom stereocenters. The lowest BCUT2D eigenvalue weighted by atomic mass is 10.1. The van der Waals surface area contributed by atoms with Crippen molar-refractivity contribution < 1.29 is 18.3 Å². The molecule has 0 saturated heterocycles. The fourth-order valence-electron chi connectivity index (χ4n) is 1.16. The summed E-state index contributed by atoms with van der Waals surface area (Å²) in [5.74, 6) is -1.09. The fraction of sp³-hybridized carbons (Fsp3) is 0.300. The fourth-order valence-corrected chi connectivity index (χ4v) is 1.76. The normalized spacial score (nSPS) is 11.5. The van der Waals surface area contributed by atoms with Crippen molar-refractivity contribution in [1.82, 2.24) is 4.31 Å². The third-order valence-corrected chi connectivity index (χ3v) is 3.65. The number of hydrogen-bond acceptors (Lipinski definition) is 3. The van der Waals surface area contributed by atoms with Gasteiger partial charge >= 0.3 is 16.2 Å². The first-order valence-electron chi connectivity index (χ1n) is 4.78. The maximum absolute atomic E-state index is 11.5. The summed E-state index contributed by atoms with van der Waals surface area (Å²) in [6, 6.07) is 4.36. The molecule has 94 valence electrons. The lowest BCUT2D eigenvalue weighted by Crippen LogP contribution is -2.29. The molecule has 0 fully saturated rings. The highest BCUT2D eigenvalue weighted by molar-refractivity contribution is 7.90. The maximum Gasteiger partial charge on any atom is 0.336 e. The van der Waals surface area contributed by atoms with Crippen molar-refractivity contribution in [2.75, 3.05) is 18.8 Å². The summed E-state index contributed by atoms with van der Waals surface area (Å²) < 4.78 is 26.3. The Labute approximate surface area is 100 Å². The number of rotatable bonds is 4. The first kappa shape index (κ1) is 13.5. The van der Waals surface area contributed by atoms with E-state index in [2.05, 4.69) is 4.72 Å². The molecule has 0 heterocycles. The first-order chi connectivity index (χ1) is 7.74. The van der Waals surface area contributed by atoms with E-state index in [4.69, 9.17) is 5.11 Å². The van der Waals surface area contributed by atoms with Gasteiger partial charge in [0.25, 0.3) is 0 Å². The van der Waals surface area contributed by atoms with E-state index in [1.54, 1.807) is 13.0 Å². The Morgan fingerprint density at radius 2 is 1.94 bits per heavy atom. The highest BCUT2D eigenvalue weighted by Crippen LogP contribution is 2.16. The molecule has 0 aromatic heterocycles. The molecule has 1 aromatic carbocycles. The predicted octanol–water partition coefficient (Wildman–Crippen LogP) is 0.912.